The lowest BCUT2D eigenvalue weighted by atomic mass is 9.90. The predicted octanol–water partition coefficient (Wildman–Crippen LogP) is 9.12. The lowest BCUT2D eigenvalue weighted by Gasteiger charge is -2.29. The Morgan fingerprint density at radius 1 is 0.763 bits per heavy atom. The average molecular weight is 558 g/mol. The fourth-order valence-electron chi connectivity index (χ4n) is 4.46. The number of nitrogens with zero attached hydrogens (tertiary/aromatic N) is 1. The first-order valence-corrected chi connectivity index (χ1v) is 13.1. The van der Waals surface area contributed by atoms with Crippen LogP contribution < -0.4 is 4.74 Å². The van der Waals surface area contributed by atoms with Crippen LogP contribution in [0.1, 0.15) is 34.6 Å². The second kappa shape index (κ2) is 13.2. The number of hydrogen-bond donors (Lipinski definition) is 0. The summed E-state index contributed by atoms with van der Waals surface area (Å²) < 4.78 is 46.5. The van der Waals surface area contributed by atoms with Gasteiger partial charge in [-0.3, -0.25) is 4.90 Å². The molecule has 0 heterocycles. The van der Waals surface area contributed by atoms with Gasteiger partial charge >= 0.3 is 6.18 Å². The average Bonchev–Trinajstić information content (AvgIpc) is 2.91. The molecule has 0 amide bonds. The number of alkyl halides is 3. The Kier molecular flexibility index (Phi) is 9.73. The molecule has 7 heteroatoms. The fraction of sp³-hybridized carbons (Fsp3) is 0.226. The van der Waals surface area contributed by atoms with Crippen LogP contribution in [0.15, 0.2) is 103 Å². The highest BCUT2D eigenvalue weighted by molar-refractivity contribution is 6.32. The van der Waals surface area contributed by atoms with Crippen LogP contribution in [0.2, 0.25) is 10.0 Å². The minimum absolute atomic E-state index is 0.0239. The Labute approximate surface area is 231 Å². The molecule has 0 radical (unpaired) electrons. The normalized spacial score (nSPS) is 11.8. The van der Waals surface area contributed by atoms with E-state index in [9.17, 15) is 13.2 Å². The molecule has 0 spiro atoms. The van der Waals surface area contributed by atoms with Crippen molar-refractivity contribution in [3.05, 3.63) is 135 Å². The van der Waals surface area contributed by atoms with Crippen LogP contribution in [0.4, 0.5) is 13.2 Å². The molecule has 0 saturated carbocycles. The van der Waals surface area contributed by atoms with Crippen molar-refractivity contribution in [3.8, 4) is 5.75 Å². The molecule has 0 aromatic heterocycles. The molecule has 4 rings (SSSR count). The predicted molar refractivity (Wildman–Crippen MR) is 148 cm³/mol. The molecule has 0 fully saturated rings. The van der Waals surface area contributed by atoms with Crippen molar-refractivity contribution in [2.45, 2.75) is 25.1 Å². The van der Waals surface area contributed by atoms with Crippen molar-refractivity contribution in [2.24, 2.45) is 0 Å². The van der Waals surface area contributed by atoms with Gasteiger partial charge < -0.3 is 4.74 Å². The van der Waals surface area contributed by atoms with Gasteiger partial charge in [0.1, 0.15) is 5.75 Å². The van der Waals surface area contributed by atoms with E-state index in [4.69, 9.17) is 27.9 Å². The lowest BCUT2D eigenvalue weighted by molar-refractivity contribution is -0.137. The zero-order chi connectivity index (χ0) is 27.0. The Balaban J connectivity index is 1.57. The third-order valence-corrected chi connectivity index (χ3v) is 6.99. The van der Waals surface area contributed by atoms with Crippen LogP contribution in [-0.4, -0.2) is 24.6 Å². The van der Waals surface area contributed by atoms with E-state index in [1.807, 2.05) is 48.5 Å². The highest BCUT2D eigenvalue weighted by Crippen LogP contribution is 2.37. The van der Waals surface area contributed by atoms with Crippen molar-refractivity contribution in [3.63, 3.8) is 0 Å². The van der Waals surface area contributed by atoms with E-state index in [1.165, 1.54) is 6.07 Å². The van der Waals surface area contributed by atoms with Crippen molar-refractivity contribution < 1.29 is 17.9 Å². The molecular formula is C31H28Cl2F3NO. The van der Waals surface area contributed by atoms with E-state index < -0.39 is 11.7 Å². The first-order chi connectivity index (χ1) is 18.3. The van der Waals surface area contributed by atoms with Crippen LogP contribution in [0, 0.1) is 0 Å². The zero-order valence-corrected chi connectivity index (χ0v) is 22.2. The number of halogens is 5. The van der Waals surface area contributed by atoms with E-state index in [0.29, 0.717) is 42.5 Å². The van der Waals surface area contributed by atoms with E-state index >= 15 is 0 Å². The van der Waals surface area contributed by atoms with Crippen LogP contribution in [0.5, 0.6) is 5.75 Å². The van der Waals surface area contributed by atoms with Gasteiger partial charge in [-0.05, 0) is 47.4 Å². The third-order valence-electron chi connectivity index (χ3n) is 6.31. The van der Waals surface area contributed by atoms with E-state index in [-0.39, 0.29) is 17.5 Å². The summed E-state index contributed by atoms with van der Waals surface area (Å²) in [7, 11) is 0. The molecule has 4 aromatic carbocycles. The topological polar surface area (TPSA) is 12.5 Å². The zero-order valence-electron chi connectivity index (χ0n) is 20.7. The Morgan fingerprint density at radius 2 is 1.39 bits per heavy atom. The van der Waals surface area contributed by atoms with Gasteiger partial charge in [0.05, 0.1) is 17.2 Å². The molecule has 198 valence electrons. The van der Waals surface area contributed by atoms with Gasteiger partial charge in [0, 0.05) is 30.6 Å². The van der Waals surface area contributed by atoms with Gasteiger partial charge in [0.15, 0.2) is 0 Å². The summed E-state index contributed by atoms with van der Waals surface area (Å²) in [6.45, 7) is 1.91. The Bertz CT molecular complexity index is 1260. The SMILES string of the molecule is FC(F)(F)c1cccc(CN(CCCOc2cccc(Cl)c2)CC(c2ccccc2)c2ccccc2)c1Cl. The number of hydrogen-bond acceptors (Lipinski definition) is 2. The van der Waals surface area contributed by atoms with Gasteiger partial charge in [0.2, 0.25) is 0 Å². The molecule has 0 unspecified atom stereocenters. The highest BCUT2D eigenvalue weighted by Gasteiger charge is 2.34. The van der Waals surface area contributed by atoms with Crippen molar-refractivity contribution >= 4 is 23.2 Å². The minimum Gasteiger partial charge on any atom is -0.493 e. The molecule has 38 heavy (non-hydrogen) atoms. The second-order valence-electron chi connectivity index (χ2n) is 9.04. The van der Waals surface area contributed by atoms with E-state index in [2.05, 4.69) is 29.2 Å². The highest BCUT2D eigenvalue weighted by atomic mass is 35.5. The maximum absolute atomic E-state index is 13.5. The molecule has 2 nitrogen and oxygen atoms in total. The van der Waals surface area contributed by atoms with Gasteiger partial charge in [0.25, 0.3) is 0 Å². The third kappa shape index (κ3) is 7.76. The molecule has 0 atom stereocenters. The lowest BCUT2D eigenvalue weighted by Crippen LogP contribution is -2.31. The van der Waals surface area contributed by atoms with Crippen LogP contribution >= 0.6 is 23.2 Å². The summed E-state index contributed by atoms with van der Waals surface area (Å²) in [5.41, 5.74) is 1.89. The first kappa shape index (κ1) is 28.0. The molecule has 0 saturated heterocycles. The Morgan fingerprint density at radius 3 is 2.00 bits per heavy atom. The molecule has 0 aliphatic heterocycles. The summed E-state index contributed by atoms with van der Waals surface area (Å²) in [5, 5.41) is 0.341. The van der Waals surface area contributed by atoms with Crippen LogP contribution in [0.3, 0.4) is 0 Å². The molecule has 4 aromatic rings. The first-order valence-electron chi connectivity index (χ1n) is 12.4. The summed E-state index contributed by atoms with van der Waals surface area (Å²) in [4.78, 5) is 2.15. The summed E-state index contributed by atoms with van der Waals surface area (Å²) in [6, 6.07) is 31.5. The largest absolute Gasteiger partial charge is 0.493 e. The van der Waals surface area contributed by atoms with E-state index in [1.54, 1.807) is 18.2 Å². The van der Waals surface area contributed by atoms with Gasteiger partial charge in [-0.2, -0.15) is 13.2 Å². The van der Waals surface area contributed by atoms with Crippen molar-refractivity contribution in [2.75, 3.05) is 19.7 Å². The standard InChI is InChI=1S/C31H28Cl2F3NO/c32-26-15-8-16-27(20-26)38-19-9-18-37(21-25-14-7-17-29(30(25)33)31(34,35)36)22-28(23-10-3-1-4-11-23)24-12-5-2-6-13-24/h1-8,10-17,20,28H,9,18-19,21-22H2. The fourth-order valence-corrected chi connectivity index (χ4v) is 4.94. The Hall–Kier alpha value is -2.99. The quantitative estimate of drug-likeness (QED) is 0.170. The molecule has 0 N–H and O–H groups in total. The number of benzene rings is 4. The molecular weight excluding hydrogens is 530 g/mol. The maximum Gasteiger partial charge on any atom is 0.417 e. The van der Waals surface area contributed by atoms with Crippen molar-refractivity contribution in [1.29, 1.82) is 0 Å². The van der Waals surface area contributed by atoms with Gasteiger partial charge in [-0.1, -0.05) is 102 Å². The van der Waals surface area contributed by atoms with Crippen LogP contribution in [0.25, 0.3) is 0 Å². The summed E-state index contributed by atoms with van der Waals surface area (Å²) in [5.74, 6) is 0.701. The number of ether oxygens (including phenoxy) is 1. The molecule has 0 bridgehead atoms. The number of rotatable bonds is 11. The van der Waals surface area contributed by atoms with Gasteiger partial charge in [-0.25, -0.2) is 0 Å². The summed E-state index contributed by atoms with van der Waals surface area (Å²) >= 11 is 12.3. The van der Waals surface area contributed by atoms with E-state index in [0.717, 1.165) is 17.2 Å². The van der Waals surface area contributed by atoms with Crippen molar-refractivity contribution in [1.82, 2.24) is 4.90 Å². The minimum atomic E-state index is -4.51. The second-order valence-corrected chi connectivity index (χ2v) is 9.86. The smallest absolute Gasteiger partial charge is 0.417 e. The summed E-state index contributed by atoms with van der Waals surface area (Å²) in [6.07, 6.45) is -3.85. The monoisotopic (exact) mass is 557 g/mol. The van der Waals surface area contributed by atoms with Crippen LogP contribution in [-0.2, 0) is 12.7 Å². The maximum atomic E-state index is 13.5. The molecule has 0 aliphatic rings. The molecule has 0 aliphatic carbocycles. The van der Waals surface area contributed by atoms with Gasteiger partial charge in [-0.15, -0.1) is 0 Å².